The average Bonchev–Trinajstić information content (AvgIpc) is 3.27. The van der Waals surface area contributed by atoms with E-state index in [1.165, 1.54) is 12.1 Å². The van der Waals surface area contributed by atoms with Gasteiger partial charge < -0.3 is 20.8 Å². The van der Waals surface area contributed by atoms with Gasteiger partial charge in [0.1, 0.15) is 12.2 Å². The minimum atomic E-state index is -0.980. The smallest absolute Gasteiger partial charge is 0.307 e. The molecular formula is C37H39N4O8+. The van der Waals surface area contributed by atoms with E-state index in [-0.39, 0.29) is 36.2 Å². The van der Waals surface area contributed by atoms with Crippen LogP contribution in [0.3, 0.4) is 0 Å². The molecular weight excluding hydrogens is 628 g/mol. The second-order valence-electron chi connectivity index (χ2n) is 12.9. The summed E-state index contributed by atoms with van der Waals surface area (Å²) in [7, 11) is 0. The fraction of sp³-hybridized carbons (Fsp3) is 0.243. The minimum Gasteiger partial charge on any atom is -0.481 e. The molecule has 5 N–H and O–H groups in total. The Kier molecular flexibility index (Phi) is 10.6. The van der Waals surface area contributed by atoms with E-state index in [9.17, 15) is 40.0 Å². The van der Waals surface area contributed by atoms with E-state index in [0.29, 0.717) is 11.1 Å². The predicted octanol–water partition coefficient (Wildman–Crippen LogP) is 6.39. The van der Waals surface area contributed by atoms with Crippen molar-refractivity contribution in [1.29, 1.82) is 0 Å². The number of non-ortho nitro benzene ring substituents is 2. The summed E-state index contributed by atoms with van der Waals surface area (Å²) in [6, 6.07) is 14.4. The molecule has 0 fully saturated rings. The Hall–Kier alpha value is -5.88. The number of carboxylic acid groups (broad SMARTS) is 2. The number of nitrogens with one attached hydrogen (secondary N) is 1. The summed E-state index contributed by atoms with van der Waals surface area (Å²) in [4.78, 5) is 44.1. The summed E-state index contributed by atoms with van der Waals surface area (Å²) >= 11 is 0. The molecule has 0 saturated heterocycles. The lowest BCUT2D eigenvalue weighted by atomic mass is 9.76. The molecule has 0 unspecified atom stereocenters. The number of carboxylic acids is 2. The van der Waals surface area contributed by atoms with Crippen molar-refractivity contribution < 1.29 is 35.0 Å². The number of carbonyl (C=O) groups is 2. The number of hydrogen-bond donors (Lipinski definition) is 4. The molecule has 4 rings (SSSR count). The normalized spacial score (nSPS) is 14.6. The van der Waals surface area contributed by atoms with E-state index in [2.05, 4.69) is 25.7 Å². The van der Waals surface area contributed by atoms with E-state index >= 15 is 0 Å². The molecule has 0 radical (unpaired) electrons. The topological polar surface area (TPSA) is 190 Å². The molecule has 3 aromatic rings. The Bertz CT molecular complexity index is 1910. The number of nitrogens with zero attached hydrogens (tertiary/aromatic N) is 2. The second-order valence-corrected chi connectivity index (χ2v) is 12.9. The van der Waals surface area contributed by atoms with Gasteiger partial charge in [0, 0.05) is 45.5 Å². The number of nitro benzene ring substituents is 2. The van der Waals surface area contributed by atoms with Crippen LogP contribution in [0.5, 0.6) is 0 Å². The molecule has 0 saturated carbocycles. The van der Waals surface area contributed by atoms with Gasteiger partial charge in [-0.3, -0.25) is 29.8 Å². The quantitative estimate of drug-likeness (QED) is 0.0654. The third kappa shape index (κ3) is 8.54. The van der Waals surface area contributed by atoms with Crippen LogP contribution < -0.4 is 10.6 Å². The number of rotatable bonds is 14. The van der Waals surface area contributed by atoms with Gasteiger partial charge in [-0.2, -0.15) is 0 Å². The summed E-state index contributed by atoms with van der Waals surface area (Å²) in [6.45, 7) is 12.5. The number of aliphatic carboxylic acids is 2. The number of quaternary nitrogens is 1. The molecule has 1 heterocycles. The Morgan fingerprint density at radius 3 is 2.06 bits per heavy atom. The number of hydrogen-bond acceptors (Lipinski definition) is 7. The SMILES string of the molecule is C=C(/C=C/C=C/C=C1/Nc2ccc(CC(=O)O)cc2C1(C)C)C(C)(C)c1cc(CC(=O)O)ccc1[NH2+]Cc1cc([N+](=O)[O-])cc([N+](=O)[O-])c1. The monoisotopic (exact) mass is 667 g/mol. The largest absolute Gasteiger partial charge is 0.481 e. The van der Waals surface area contributed by atoms with Crippen molar-refractivity contribution in [2.45, 2.75) is 57.9 Å². The first-order valence-electron chi connectivity index (χ1n) is 15.5. The highest BCUT2D eigenvalue weighted by atomic mass is 16.6. The van der Waals surface area contributed by atoms with Gasteiger partial charge in [-0.25, -0.2) is 0 Å². The van der Waals surface area contributed by atoms with E-state index < -0.39 is 27.2 Å². The lowest BCUT2D eigenvalue weighted by molar-refractivity contribution is -0.589. The standard InChI is InChI=1S/C37H38N4O8/c1-23(9-7-6-8-10-33-37(4,5)30-18-25(20-35(44)45)12-14-32(30)39-33)36(2,3)29-17-24(19-34(42)43)11-13-31(29)38-22-26-15-27(40(46)47)21-28(16-26)41(48)49/h6-18,21,38-39H,1,19-20,22H2,2-5H3,(H,42,43)(H,44,45)/p+1/b8-6+,9-7+,33-10+. The summed E-state index contributed by atoms with van der Waals surface area (Å²) in [5, 5.41) is 46.6. The highest BCUT2D eigenvalue weighted by Gasteiger charge is 2.34. The average molecular weight is 668 g/mol. The fourth-order valence-corrected chi connectivity index (χ4v) is 5.79. The molecule has 1 aliphatic rings. The van der Waals surface area contributed by atoms with Gasteiger partial charge in [0.05, 0.1) is 28.8 Å². The van der Waals surface area contributed by atoms with Crippen LogP contribution in [0.2, 0.25) is 0 Å². The van der Waals surface area contributed by atoms with Crippen LogP contribution in [0, 0.1) is 20.2 Å². The molecule has 12 heteroatoms. The summed E-state index contributed by atoms with van der Waals surface area (Å²) in [5.41, 5.74) is 5.11. The molecule has 0 aromatic heterocycles. The van der Waals surface area contributed by atoms with Gasteiger partial charge in [0.25, 0.3) is 11.4 Å². The zero-order valence-electron chi connectivity index (χ0n) is 27.7. The fourth-order valence-electron chi connectivity index (χ4n) is 5.79. The molecule has 0 bridgehead atoms. The number of nitro groups is 2. The Balaban J connectivity index is 1.54. The van der Waals surface area contributed by atoms with Gasteiger partial charge in [0.15, 0.2) is 0 Å². The second kappa shape index (κ2) is 14.5. The lowest BCUT2D eigenvalue weighted by Gasteiger charge is -2.28. The van der Waals surface area contributed by atoms with Crippen molar-refractivity contribution >= 4 is 34.7 Å². The number of allylic oxidation sites excluding steroid dienone is 7. The van der Waals surface area contributed by atoms with Gasteiger partial charge >= 0.3 is 11.9 Å². The van der Waals surface area contributed by atoms with Crippen LogP contribution in [0.15, 0.2) is 103 Å². The molecule has 0 spiro atoms. The Morgan fingerprint density at radius 2 is 1.47 bits per heavy atom. The number of nitrogens with two attached hydrogens (primary N) is 1. The maximum Gasteiger partial charge on any atom is 0.307 e. The van der Waals surface area contributed by atoms with Crippen molar-refractivity contribution in [1.82, 2.24) is 0 Å². The molecule has 1 aliphatic heterocycles. The van der Waals surface area contributed by atoms with Gasteiger partial charge in [0.2, 0.25) is 0 Å². The molecule has 0 atom stereocenters. The highest BCUT2D eigenvalue weighted by molar-refractivity contribution is 5.73. The van der Waals surface area contributed by atoms with E-state index in [1.54, 1.807) is 12.1 Å². The van der Waals surface area contributed by atoms with Crippen molar-refractivity contribution in [2.24, 2.45) is 0 Å². The third-order valence-electron chi connectivity index (χ3n) is 8.73. The molecule has 3 aromatic carbocycles. The lowest BCUT2D eigenvalue weighted by Crippen LogP contribution is -2.76. The van der Waals surface area contributed by atoms with E-state index in [4.69, 9.17) is 0 Å². The van der Waals surface area contributed by atoms with Crippen LogP contribution in [0.4, 0.5) is 22.7 Å². The van der Waals surface area contributed by atoms with Gasteiger partial charge in [-0.05, 0) is 46.5 Å². The number of anilines is 1. The summed E-state index contributed by atoms with van der Waals surface area (Å²) in [5.74, 6) is -1.86. The third-order valence-corrected chi connectivity index (χ3v) is 8.73. The van der Waals surface area contributed by atoms with Crippen molar-refractivity contribution in [2.75, 3.05) is 5.32 Å². The first kappa shape index (κ1) is 36.0. The number of benzene rings is 3. The van der Waals surface area contributed by atoms with Crippen molar-refractivity contribution in [3.8, 4) is 0 Å². The highest BCUT2D eigenvalue weighted by Crippen LogP contribution is 2.43. The first-order chi connectivity index (χ1) is 23.0. The van der Waals surface area contributed by atoms with Crippen LogP contribution >= 0.6 is 0 Å². The zero-order valence-corrected chi connectivity index (χ0v) is 27.7. The molecule has 0 aliphatic carbocycles. The Labute approximate surface area is 283 Å². The predicted molar refractivity (Wildman–Crippen MR) is 186 cm³/mol. The van der Waals surface area contributed by atoms with Crippen LogP contribution in [-0.4, -0.2) is 32.0 Å². The Morgan fingerprint density at radius 1 is 0.878 bits per heavy atom. The maximum atomic E-state index is 11.5. The summed E-state index contributed by atoms with van der Waals surface area (Å²) in [6.07, 6.45) is 9.23. The number of fused-ring (bicyclic) bond motifs is 1. The summed E-state index contributed by atoms with van der Waals surface area (Å²) < 4.78 is 0. The van der Waals surface area contributed by atoms with Crippen molar-refractivity contribution in [3.63, 3.8) is 0 Å². The van der Waals surface area contributed by atoms with Gasteiger partial charge in [-0.1, -0.05) is 76.8 Å². The van der Waals surface area contributed by atoms with Crippen LogP contribution in [0.1, 0.15) is 55.5 Å². The van der Waals surface area contributed by atoms with Crippen LogP contribution in [0.25, 0.3) is 0 Å². The van der Waals surface area contributed by atoms with E-state index in [1.807, 2.05) is 73.8 Å². The van der Waals surface area contributed by atoms with Crippen LogP contribution in [-0.2, 0) is 39.8 Å². The first-order valence-corrected chi connectivity index (χ1v) is 15.5. The van der Waals surface area contributed by atoms with Crippen molar-refractivity contribution in [3.05, 3.63) is 151 Å². The maximum absolute atomic E-state index is 11.5. The zero-order chi connectivity index (χ0) is 36.1. The molecule has 0 amide bonds. The molecule has 12 nitrogen and oxygen atoms in total. The minimum absolute atomic E-state index is 0.0423. The molecule has 254 valence electrons. The van der Waals surface area contributed by atoms with E-state index in [0.717, 1.165) is 45.4 Å². The van der Waals surface area contributed by atoms with Gasteiger partial charge in [-0.15, -0.1) is 0 Å². The molecule has 49 heavy (non-hydrogen) atoms.